The van der Waals surface area contributed by atoms with Crippen molar-refractivity contribution < 1.29 is 5.21 Å². The van der Waals surface area contributed by atoms with Crippen LogP contribution in [0.2, 0.25) is 0 Å². The summed E-state index contributed by atoms with van der Waals surface area (Å²) in [4.78, 5) is 0. The molecule has 1 fully saturated rings. The molecule has 1 aliphatic heterocycles. The second-order valence-corrected chi connectivity index (χ2v) is 4.90. The van der Waals surface area contributed by atoms with Gasteiger partial charge in [-0.1, -0.05) is 0 Å². The predicted molar refractivity (Wildman–Crippen MR) is 47.5 cm³/mol. The Kier molecular flexibility index (Phi) is 1.82. The Morgan fingerprint density at radius 1 is 1.17 bits per heavy atom. The van der Waals surface area contributed by atoms with Gasteiger partial charge in [0, 0.05) is 12.0 Å². The van der Waals surface area contributed by atoms with E-state index >= 15 is 0 Å². The molecule has 0 atom stereocenters. The van der Waals surface area contributed by atoms with Gasteiger partial charge in [0.25, 0.3) is 0 Å². The van der Waals surface area contributed by atoms with Crippen LogP contribution in [-0.4, -0.2) is 27.0 Å². The normalized spacial score (nSPS) is 32.2. The van der Waals surface area contributed by atoms with Crippen LogP contribution in [0.1, 0.15) is 34.1 Å². The van der Waals surface area contributed by atoms with Crippen LogP contribution in [0.25, 0.3) is 0 Å². The first-order valence-corrected chi connectivity index (χ1v) is 4.18. The van der Waals surface area contributed by atoms with E-state index in [-0.39, 0.29) is 5.54 Å². The van der Waals surface area contributed by atoms with E-state index in [1.54, 1.807) is 0 Å². The lowest BCUT2D eigenvalue weighted by atomic mass is 9.89. The summed E-state index contributed by atoms with van der Waals surface area (Å²) in [6.07, 6.45) is 0.587. The zero-order valence-corrected chi connectivity index (χ0v) is 8.26. The first kappa shape index (κ1) is 9.92. The molecule has 0 bridgehead atoms. The van der Waals surface area contributed by atoms with Gasteiger partial charge < -0.3 is 16.7 Å². The van der Waals surface area contributed by atoms with Gasteiger partial charge in [-0.2, -0.15) is 5.06 Å². The van der Waals surface area contributed by atoms with E-state index in [0.717, 1.165) is 0 Å². The summed E-state index contributed by atoms with van der Waals surface area (Å²) in [5.41, 5.74) is 10.1. The second kappa shape index (κ2) is 2.20. The number of nitrogens with two attached hydrogens (primary N) is 2. The summed E-state index contributed by atoms with van der Waals surface area (Å²) in [5, 5.41) is 11.1. The number of rotatable bonds is 0. The van der Waals surface area contributed by atoms with E-state index in [4.69, 9.17) is 11.5 Å². The van der Waals surface area contributed by atoms with Crippen molar-refractivity contribution >= 4 is 0 Å². The maximum Gasteiger partial charge on any atom is 0.0862 e. The van der Waals surface area contributed by atoms with Crippen molar-refractivity contribution in [2.75, 3.05) is 0 Å². The first-order valence-electron chi connectivity index (χ1n) is 4.18. The van der Waals surface area contributed by atoms with Crippen LogP contribution >= 0.6 is 0 Å². The molecular weight excluding hydrogens is 154 g/mol. The zero-order chi connectivity index (χ0) is 9.78. The Hall–Kier alpha value is -0.160. The SMILES string of the molecule is CC1(C)CC(N)(N)C(C)(C)N1O. The van der Waals surface area contributed by atoms with Gasteiger partial charge in [-0.3, -0.25) is 0 Å². The van der Waals surface area contributed by atoms with Crippen LogP contribution in [0, 0.1) is 0 Å². The number of hydrogen-bond acceptors (Lipinski definition) is 4. The molecule has 12 heavy (non-hydrogen) atoms. The summed E-state index contributed by atoms with van der Waals surface area (Å²) in [6, 6.07) is 0. The van der Waals surface area contributed by atoms with Gasteiger partial charge in [-0.25, -0.2) is 0 Å². The molecule has 1 aliphatic rings. The zero-order valence-electron chi connectivity index (χ0n) is 8.26. The first-order chi connectivity index (χ1) is 5.11. The van der Waals surface area contributed by atoms with Crippen molar-refractivity contribution in [1.29, 1.82) is 0 Å². The third kappa shape index (κ3) is 1.07. The Morgan fingerprint density at radius 3 is 1.67 bits per heavy atom. The number of nitrogens with zero attached hydrogens (tertiary/aromatic N) is 1. The molecule has 0 radical (unpaired) electrons. The molecule has 0 aromatic rings. The molecule has 0 aromatic heterocycles. The summed E-state index contributed by atoms with van der Waals surface area (Å²) >= 11 is 0. The smallest absolute Gasteiger partial charge is 0.0862 e. The van der Waals surface area contributed by atoms with Crippen LogP contribution in [0.15, 0.2) is 0 Å². The molecule has 0 aliphatic carbocycles. The Bertz CT molecular complexity index is 198. The molecule has 1 heterocycles. The molecule has 0 aromatic carbocycles. The number of hydrogen-bond donors (Lipinski definition) is 3. The average Bonchev–Trinajstić information content (AvgIpc) is 1.90. The van der Waals surface area contributed by atoms with Crippen LogP contribution in [0.5, 0.6) is 0 Å². The number of hydroxylamine groups is 2. The van der Waals surface area contributed by atoms with Crippen molar-refractivity contribution in [2.45, 2.75) is 50.9 Å². The fourth-order valence-electron chi connectivity index (χ4n) is 1.96. The highest BCUT2D eigenvalue weighted by Crippen LogP contribution is 2.41. The van der Waals surface area contributed by atoms with E-state index in [1.807, 2.05) is 27.7 Å². The predicted octanol–water partition coefficient (Wildman–Crippen LogP) is 0.252. The Morgan fingerprint density at radius 2 is 1.58 bits per heavy atom. The third-order valence-electron chi connectivity index (χ3n) is 2.97. The van der Waals surface area contributed by atoms with Gasteiger partial charge in [0.2, 0.25) is 0 Å². The van der Waals surface area contributed by atoms with Gasteiger partial charge in [0.1, 0.15) is 0 Å². The Balaban J connectivity index is 3.05. The van der Waals surface area contributed by atoms with E-state index in [1.165, 1.54) is 5.06 Å². The largest absolute Gasteiger partial charge is 0.313 e. The third-order valence-corrected chi connectivity index (χ3v) is 2.97. The molecule has 4 nitrogen and oxygen atoms in total. The fraction of sp³-hybridized carbons (Fsp3) is 1.00. The average molecular weight is 173 g/mol. The van der Waals surface area contributed by atoms with Crippen molar-refractivity contribution in [2.24, 2.45) is 11.5 Å². The molecule has 5 N–H and O–H groups in total. The van der Waals surface area contributed by atoms with E-state index in [9.17, 15) is 5.21 Å². The molecule has 0 spiro atoms. The van der Waals surface area contributed by atoms with E-state index in [2.05, 4.69) is 0 Å². The molecule has 72 valence electrons. The minimum atomic E-state index is -0.828. The van der Waals surface area contributed by atoms with Crippen molar-refractivity contribution in [1.82, 2.24) is 5.06 Å². The standard InChI is InChI=1S/C8H19N3O/c1-6(2)5-8(9,10)7(3,4)11(6)12/h12H,5,9-10H2,1-4H3. The maximum absolute atomic E-state index is 9.79. The molecule has 0 amide bonds. The van der Waals surface area contributed by atoms with Gasteiger partial charge in [0.15, 0.2) is 0 Å². The maximum atomic E-state index is 9.79. The van der Waals surface area contributed by atoms with Gasteiger partial charge >= 0.3 is 0 Å². The minimum Gasteiger partial charge on any atom is -0.313 e. The second-order valence-electron chi connectivity index (χ2n) is 4.90. The highest BCUT2D eigenvalue weighted by molar-refractivity contribution is 5.11. The van der Waals surface area contributed by atoms with Crippen molar-refractivity contribution in [3.8, 4) is 0 Å². The molecular formula is C8H19N3O. The van der Waals surface area contributed by atoms with Crippen LogP contribution < -0.4 is 11.5 Å². The lowest BCUT2D eigenvalue weighted by molar-refractivity contribution is -0.198. The molecule has 0 unspecified atom stereocenters. The molecule has 4 heteroatoms. The van der Waals surface area contributed by atoms with Crippen LogP contribution in [0.4, 0.5) is 0 Å². The molecule has 0 saturated carbocycles. The van der Waals surface area contributed by atoms with E-state index in [0.29, 0.717) is 6.42 Å². The van der Waals surface area contributed by atoms with Crippen molar-refractivity contribution in [3.63, 3.8) is 0 Å². The summed E-state index contributed by atoms with van der Waals surface area (Å²) < 4.78 is 0. The highest BCUT2D eigenvalue weighted by atomic mass is 16.5. The van der Waals surface area contributed by atoms with E-state index < -0.39 is 11.2 Å². The van der Waals surface area contributed by atoms with Gasteiger partial charge in [-0.05, 0) is 27.7 Å². The highest BCUT2D eigenvalue weighted by Gasteiger charge is 2.57. The summed E-state index contributed by atoms with van der Waals surface area (Å²) in [5.74, 6) is 0. The monoisotopic (exact) mass is 173 g/mol. The van der Waals surface area contributed by atoms with Gasteiger partial charge in [-0.15, -0.1) is 0 Å². The summed E-state index contributed by atoms with van der Waals surface area (Å²) in [7, 11) is 0. The lowest BCUT2D eigenvalue weighted by Crippen LogP contribution is -2.64. The van der Waals surface area contributed by atoms with Crippen LogP contribution in [-0.2, 0) is 0 Å². The minimum absolute atomic E-state index is 0.340. The lowest BCUT2D eigenvalue weighted by Gasteiger charge is -2.38. The molecule has 1 saturated heterocycles. The van der Waals surface area contributed by atoms with Crippen LogP contribution in [0.3, 0.4) is 0 Å². The molecule has 1 rings (SSSR count). The van der Waals surface area contributed by atoms with Crippen molar-refractivity contribution in [3.05, 3.63) is 0 Å². The fourth-order valence-corrected chi connectivity index (χ4v) is 1.96. The quantitative estimate of drug-likeness (QED) is 0.459. The summed E-state index contributed by atoms with van der Waals surface area (Å²) in [6.45, 7) is 7.55. The Labute approximate surface area is 73.5 Å². The topological polar surface area (TPSA) is 75.5 Å². The van der Waals surface area contributed by atoms with Gasteiger partial charge in [0.05, 0.1) is 11.2 Å².